The zero-order valence-electron chi connectivity index (χ0n) is 12.3. The predicted octanol–water partition coefficient (Wildman–Crippen LogP) is 3.68. The highest BCUT2D eigenvalue weighted by Gasteiger charge is 2.17. The summed E-state index contributed by atoms with van der Waals surface area (Å²) >= 11 is 6.10. The van der Waals surface area contributed by atoms with E-state index in [9.17, 15) is 4.79 Å². The maximum Gasteiger partial charge on any atom is 0.208 e. The number of carbonyl (C=O) groups excluding carboxylic acids is 1. The molecule has 1 aromatic heterocycles. The number of aryl methyl sites for hydroxylation is 1. The third-order valence-corrected chi connectivity index (χ3v) is 3.46. The van der Waals surface area contributed by atoms with Crippen molar-refractivity contribution >= 4 is 23.1 Å². The Kier molecular flexibility index (Phi) is 5.31. The molecule has 5 heteroatoms. The Morgan fingerprint density at radius 2 is 2.09 bits per heavy atom. The zero-order valence-corrected chi connectivity index (χ0v) is 13.1. The van der Waals surface area contributed by atoms with Crippen molar-refractivity contribution < 1.29 is 9.53 Å². The van der Waals surface area contributed by atoms with Crippen molar-refractivity contribution in [1.29, 1.82) is 0 Å². The first-order valence-corrected chi connectivity index (χ1v) is 7.15. The third kappa shape index (κ3) is 3.72. The fraction of sp³-hybridized carbons (Fsp3) is 0.176. The normalized spacial score (nSPS) is 10.5. The first-order valence-electron chi connectivity index (χ1n) is 6.78. The van der Waals surface area contributed by atoms with Crippen LogP contribution in [0.25, 0.3) is 11.3 Å². The molecule has 0 aliphatic carbocycles. The summed E-state index contributed by atoms with van der Waals surface area (Å²) in [6.45, 7) is 5.70. The van der Waals surface area contributed by atoms with Crippen LogP contribution in [-0.4, -0.2) is 24.0 Å². The van der Waals surface area contributed by atoms with Crippen LogP contribution in [0.2, 0.25) is 5.02 Å². The second-order valence-corrected chi connectivity index (χ2v) is 5.23. The van der Waals surface area contributed by atoms with Crippen molar-refractivity contribution in [1.82, 2.24) is 4.98 Å². The Morgan fingerprint density at radius 3 is 2.73 bits per heavy atom. The quantitative estimate of drug-likeness (QED) is 0.501. The van der Waals surface area contributed by atoms with E-state index in [1.807, 2.05) is 31.2 Å². The second-order valence-electron chi connectivity index (χ2n) is 4.85. The molecule has 0 amide bonds. The van der Waals surface area contributed by atoms with Crippen molar-refractivity contribution in [2.24, 2.45) is 0 Å². The van der Waals surface area contributed by atoms with E-state index < -0.39 is 0 Å². The average Bonchev–Trinajstić information content (AvgIpc) is 2.50. The number of nitrogens with zero attached hydrogens (tertiary/aromatic N) is 1. The van der Waals surface area contributed by atoms with Crippen LogP contribution in [-0.2, 0) is 4.74 Å². The molecule has 0 unspecified atom stereocenters. The molecule has 4 nitrogen and oxygen atoms in total. The Bertz CT molecular complexity index is 697. The zero-order chi connectivity index (χ0) is 16.1. The standard InChI is InChI=1S/C17H17ClN2O2/c1-3-8-22-10-15(21)17-16(18)13(19)9-14(20-17)12-6-4-11(2)5-7-12/h3-7,9H,1,8,10H2,2H3,(H2,19,20). The molecule has 0 bridgehead atoms. The van der Waals surface area contributed by atoms with Gasteiger partial charge >= 0.3 is 0 Å². The third-order valence-electron chi connectivity index (χ3n) is 3.07. The lowest BCUT2D eigenvalue weighted by molar-refractivity contribution is 0.0801. The van der Waals surface area contributed by atoms with E-state index in [0.717, 1.165) is 11.1 Å². The minimum atomic E-state index is -0.312. The van der Waals surface area contributed by atoms with Crippen LogP contribution in [0.4, 0.5) is 5.69 Å². The van der Waals surface area contributed by atoms with Gasteiger partial charge in [0.05, 0.1) is 23.0 Å². The van der Waals surface area contributed by atoms with Crippen molar-refractivity contribution in [3.63, 3.8) is 0 Å². The number of ether oxygens (including phenoxy) is 1. The van der Waals surface area contributed by atoms with E-state index >= 15 is 0 Å². The molecule has 2 aromatic rings. The van der Waals surface area contributed by atoms with E-state index in [-0.39, 0.29) is 29.7 Å². The molecule has 22 heavy (non-hydrogen) atoms. The smallest absolute Gasteiger partial charge is 0.208 e. The number of nitrogens with two attached hydrogens (primary N) is 1. The Balaban J connectivity index is 2.36. The van der Waals surface area contributed by atoms with E-state index in [0.29, 0.717) is 11.4 Å². The van der Waals surface area contributed by atoms with Gasteiger partial charge in [-0.1, -0.05) is 47.5 Å². The first kappa shape index (κ1) is 16.2. The summed E-state index contributed by atoms with van der Waals surface area (Å²) in [5.41, 5.74) is 8.96. The summed E-state index contributed by atoms with van der Waals surface area (Å²) in [5.74, 6) is -0.312. The van der Waals surface area contributed by atoms with Gasteiger partial charge in [0.2, 0.25) is 5.78 Å². The molecule has 114 valence electrons. The van der Waals surface area contributed by atoms with Crippen molar-refractivity contribution in [3.05, 3.63) is 59.3 Å². The summed E-state index contributed by atoms with van der Waals surface area (Å²) in [6.07, 6.45) is 1.57. The van der Waals surface area contributed by atoms with Crippen LogP contribution >= 0.6 is 11.6 Å². The number of nitrogen functional groups attached to an aromatic ring is 1. The number of rotatable bonds is 6. The van der Waals surface area contributed by atoms with Crippen LogP contribution in [0.3, 0.4) is 0 Å². The van der Waals surface area contributed by atoms with Crippen molar-refractivity contribution in [2.45, 2.75) is 6.92 Å². The van der Waals surface area contributed by atoms with Gasteiger partial charge in [0, 0.05) is 5.56 Å². The number of ketones is 1. The number of hydrogen-bond acceptors (Lipinski definition) is 4. The molecule has 0 spiro atoms. The molecule has 0 radical (unpaired) electrons. The summed E-state index contributed by atoms with van der Waals surface area (Å²) < 4.78 is 5.15. The van der Waals surface area contributed by atoms with E-state index in [4.69, 9.17) is 22.1 Å². The van der Waals surface area contributed by atoms with Crippen LogP contribution in [0.5, 0.6) is 0 Å². The molecule has 1 aromatic carbocycles. The summed E-state index contributed by atoms with van der Waals surface area (Å²) in [7, 11) is 0. The molecule has 0 fully saturated rings. The largest absolute Gasteiger partial charge is 0.397 e. The van der Waals surface area contributed by atoms with Gasteiger partial charge in [0.1, 0.15) is 12.3 Å². The highest BCUT2D eigenvalue weighted by atomic mass is 35.5. The molecule has 0 atom stereocenters. The molecule has 1 heterocycles. The van der Waals surface area contributed by atoms with Gasteiger partial charge in [-0.2, -0.15) is 0 Å². The van der Waals surface area contributed by atoms with E-state index in [1.165, 1.54) is 0 Å². The number of Topliss-reactive ketones (excluding diaryl/α,β-unsaturated/α-hetero) is 1. The van der Waals surface area contributed by atoms with Crippen molar-refractivity contribution in [3.8, 4) is 11.3 Å². The molecule has 0 aliphatic rings. The van der Waals surface area contributed by atoms with Gasteiger partial charge in [0.15, 0.2) is 0 Å². The van der Waals surface area contributed by atoms with E-state index in [1.54, 1.807) is 12.1 Å². The Hall–Kier alpha value is -2.17. The topological polar surface area (TPSA) is 65.2 Å². The van der Waals surface area contributed by atoms with Crippen molar-refractivity contribution in [2.75, 3.05) is 18.9 Å². The number of benzene rings is 1. The molecule has 2 N–H and O–H groups in total. The van der Waals surface area contributed by atoms with Gasteiger partial charge < -0.3 is 10.5 Å². The minimum absolute atomic E-state index is 0.116. The number of hydrogen-bond donors (Lipinski definition) is 1. The molecule has 0 aliphatic heterocycles. The summed E-state index contributed by atoms with van der Waals surface area (Å²) in [6, 6.07) is 9.45. The summed E-state index contributed by atoms with van der Waals surface area (Å²) in [5, 5.41) is 0.156. The number of aromatic nitrogens is 1. The number of carbonyl (C=O) groups is 1. The van der Waals surface area contributed by atoms with E-state index in [2.05, 4.69) is 11.6 Å². The van der Waals surface area contributed by atoms with Crippen LogP contribution in [0, 0.1) is 6.92 Å². The Labute approximate surface area is 134 Å². The lowest BCUT2D eigenvalue weighted by Crippen LogP contribution is -2.13. The summed E-state index contributed by atoms with van der Waals surface area (Å²) in [4.78, 5) is 16.5. The number of pyridine rings is 1. The van der Waals surface area contributed by atoms with Gasteiger partial charge in [-0.3, -0.25) is 4.79 Å². The molecule has 0 saturated carbocycles. The Morgan fingerprint density at radius 1 is 1.41 bits per heavy atom. The molecule has 2 rings (SSSR count). The molecular weight excluding hydrogens is 300 g/mol. The van der Waals surface area contributed by atoms with Gasteiger partial charge in [-0.05, 0) is 13.0 Å². The minimum Gasteiger partial charge on any atom is -0.397 e. The average molecular weight is 317 g/mol. The number of anilines is 1. The molecular formula is C17H17ClN2O2. The van der Waals surface area contributed by atoms with Gasteiger partial charge in [-0.25, -0.2) is 4.98 Å². The first-order chi connectivity index (χ1) is 10.5. The SMILES string of the molecule is C=CCOCC(=O)c1nc(-c2ccc(C)cc2)cc(N)c1Cl. The van der Waals surface area contributed by atoms with Crippen LogP contribution in [0.15, 0.2) is 43.0 Å². The lowest BCUT2D eigenvalue weighted by Gasteiger charge is -2.09. The van der Waals surface area contributed by atoms with Crippen LogP contribution < -0.4 is 5.73 Å². The highest BCUT2D eigenvalue weighted by molar-refractivity contribution is 6.36. The monoisotopic (exact) mass is 316 g/mol. The lowest BCUT2D eigenvalue weighted by atomic mass is 10.1. The maximum absolute atomic E-state index is 12.2. The van der Waals surface area contributed by atoms with Gasteiger partial charge in [0.25, 0.3) is 0 Å². The second kappa shape index (κ2) is 7.20. The van der Waals surface area contributed by atoms with Crippen LogP contribution in [0.1, 0.15) is 16.1 Å². The fourth-order valence-corrected chi connectivity index (χ4v) is 2.11. The fourth-order valence-electron chi connectivity index (χ4n) is 1.91. The molecule has 0 saturated heterocycles. The predicted molar refractivity (Wildman–Crippen MR) is 89.2 cm³/mol. The highest BCUT2D eigenvalue weighted by Crippen LogP contribution is 2.28. The maximum atomic E-state index is 12.2. The van der Waals surface area contributed by atoms with Gasteiger partial charge in [-0.15, -0.1) is 6.58 Å². The number of halogens is 1.